The molecule has 4 saturated carbocycles. The number of fused-ring (bicyclic) bond motifs is 9. The van der Waals surface area contributed by atoms with E-state index in [9.17, 15) is 0 Å². The predicted molar refractivity (Wildman–Crippen MR) is 48.3 cm³/mol. The molecule has 0 saturated heterocycles. The molecule has 0 aromatic rings. The minimum atomic E-state index is 1.08. The first-order valence-electron chi connectivity index (χ1n) is 5.78. The molecule has 4 bridgehead atoms. The van der Waals surface area contributed by atoms with Crippen LogP contribution in [0.2, 0.25) is 0 Å². The van der Waals surface area contributed by atoms with Gasteiger partial charge >= 0.3 is 0 Å². The van der Waals surface area contributed by atoms with Gasteiger partial charge in [-0.25, -0.2) is 0 Å². The maximum atomic E-state index is 2.74. The second-order valence-corrected chi connectivity index (χ2v) is 5.59. The monoisotopic (exact) mass is 161 g/mol. The third kappa shape index (κ3) is 0.541. The van der Waals surface area contributed by atoms with Crippen molar-refractivity contribution in [3.8, 4) is 0 Å². The van der Waals surface area contributed by atoms with Gasteiger partial charge in [-0.1, -0.05) is 0 Å². The van der Waals surface area contributed by atoms with E-state index in [1.165, 1.54) is 23.7 Å². The van der Waals surface area contributed by atoms with Gasteiger partial charge in [0.1, 0.15) is 11.8 Å². The highest BCUT2D eigenvalue weighted by molar-refractivity contribution is 5.15. The molecule has 0 aromatic heterocycles. The molecule has 4 rings (SSSR count). The molecule has 0 heteroatoms. The van der Waals surface area contributed by atoms with Crippen LogP contribution in [0.3, 0.4) is 0 Å². The van der Waals surface area contributed by atoms with Crippen LogP contribution in [0.5, 0.6) is 0 Å². The van der Waals surface area contributed by atoms with Gasteiger partial charge in [-0.15, -0.1) is 0 Å². The Balaban J connectivity index is 1.77. The van der Waals surface area contributed by atoms with Crippen LogP contribution in [0.25, 0.3) is 0 Å². The van der Waals surface area contributed by atoms with Crippen LogP contribution < -0.4 is 0 Å². The topological polar surface area (TPSA) is 0 Å². The molecule has 0 N–H and O–H groups in total. The van der Waals surface area contributed by atoms with E-state index in [4.69, 9.17) is 0 Å². The first kappa shape index (κ1) is 6.34. The Hall–Kier alpha value is -0.130. The van der Waals surface area contributed by atoms with Crippen molar-refractivity contribution in [3.63, 3.8) is 0 Å². The molecule has 0 nitrogen and oxygen atoms in total. The summed E-state index contributed by atoms with van der Waals surface area (Å²) in [4.78, 5) is 0. The molecule has 4 fully saturated rings. The summed E-state index contributed by atoms with van der Waals surface area (Å²) in [6.07, 6.45) is 10.6. The van der Waals surface area contributed by atoms with E-state index in [-0.39, 0.29) is 0 Å². The fraction of sp³-hybridized carbons (Fsp3) is 0.917. The van der Waals surface area contributed by atoms with Gasteiger partial charge in [0.25, 0.3) is 0 Å². The Morgan fingerprint density at radius 1 is 0.750 bits per heavy atom. The summed E-state index contributed by atoms with van der Waals surface area (Å²) in [5.74, 6) is 6.87. The van der Waals surface area contributed by atoms with Crippen molar-refractivity contribution in [2.75, 3.05) is 0 Å². The average Bonchev–Trinajstić information content (AvgIpc) is 2.83. The van der Waals surface area contributed by atoms with Gasteiger partial charge in [-0.05, 0) is 43.9 Å². The maximum absolute atomic E-state index is 2.74. The van der Waals surface area contributed by atoms with E-state index in [0.717, 1.165) is 11.8 Å². The smallest absolute Gasteiger partial charge is 0.0497 e. The fourth-order valence-corrected chi connectivity index (χ4v) is 5.19. The lowest BCUT2D eigenvalue weighted by Gasteiger charge is -2.29. The number of hydrogen-bond donors (Lipinski definition) is 0. The molecule has 0 aromatic carbocycles. The van der Waals surface area contributed by atoms with Gasteiger partial charge in [0, 0.05) is 11.8 Å². The molecule has 0 spiro atoms. The SMILES string of the molecule is [CH+]1[C@@H]2CC[C@H]1[C@@H]1[C@H]3CC[C@H](C3)[C@@H]12. The Kier molecular flexibility index (Phi) is 0.982. The number of hydrogen-bond acceptors (Lipinski definition) is 0. The Morgan fingerprint density at radius 3 is 1.92 bits per heavy atom. The van der Waals surface area contributed by atoms with Crippen molar-refractivity contribution in [2.45, 2.75) is 32.1 Å². The van der Waals surface area contributed by atoms with E-state index in [1.807, 2.05) is 0 Å². The minimum Gasteiger partial charge on any atom is -0.0497 e. The van der Waals surface area contributed by atoms with E-state index in [0.29, 0.717) is 0 Å². The summed E-state index contributed by atoms with van der Waals surface area (Å²) in [6.45, 7) is 0. The van der Waals surface area contributed by atoms with E-state index in [2.05, 4.69) is 6.42 Å². The van der Waals surface area contributed by atoms with Crippen molar-refractivity contribution >= 4 is 0 Å². The van der Waals surface area contributed by atoms with Gasteiger partial charge in [-0.2, -0.15) is 0 Å². The third-order valence-electron chi connectivity index (χ3n) is 5.36. The highest BCUT2D eigenvalue weighted by Crippen LogP contribution is 2.66. The number of rotatable bonds is 0. The Morgan fingerprint density at radius 2 is 1.33 bits per heavy atom. The molecule has 0 unspecified atom stereocenters. The molecular formula is C12H17+. The van der Waals surface area contributed by atoms with E-state index < -0.39 is 0 Å². The van der Waals surface area contributed by atoms with Crippen LogP contribution in [0.4, 0.5) is 0 Å². The standard InChI is InChI=1S/C12H17/c1-2-8-5-7(1)11-9-3-4-10(6-9)12(8)11/h5,7-12H,1-4,6H2/q+1/t7-,8+,9+,10-,11-,12+. The van der Waals surface area contributed by atoms with Crippen molar-refractivity contribution in [3.05, 3.63) is 6.42 Å². The summed E-state index contributed by atoms with van der Waals surface area (Å²) in [5, 5.41) is 0. The van der Waals surface area contributed by atoms with Crippen LogP contribution in [0.1, 0.15) is 32.1 Å². The highest BCUT2D eigenvalue weighted by Gasteiger charge is 2.64. The third-order valence-corrected chi connectivity index (χ3v) is 5.36. The Bertz CT molecular complexity index is 176. The molecule has 0 radical (unpaired) electrons. The van der Waals surface area contributed by atoms with Crippen LogP contribution in [0, 0.1) is 41.9 Å². The van der Waals surface area contributed by atoms with Gasteiger partial charge in [-0.3, -0.25) is 0 Å². The van der Waals surface area contributed by atoms with Crippen LogP contribution >= 0.6 is 0 Å². The zero-order chi connectivity index (χ0) is 7.71. The molecule has 4 aliphatic rings. The zero-order valence-electron chi connectivity index (χ0n) is 7.58. The van der Waals surface area contributed by atoms with Gasteiger partial charge in [0.05, 0.1) is 6.42 Å². The molecule has 0 amide bonds. The van der Waals surface area contributed by atoms with Gasteiger partial charge in [0.2, 0.25) is 0 Å². The normalized spacial score (nSPS) is 65.3. The summed E-state index contributed by atoms with van der Waals surface area (Å²) in [6, 6.07) is 0. The van der Waals surface area contributed by atoms with Crippen molar-refractivity contribution in [1.29, 1.82) is 0 Å². The lowest BCUT2D eigenvalue weighted by Crippen LogP contribution is -2.27. The first-order valence-corrected chi connectivity index (χ1v) is 5.78. The first-order chi connectivity index (χ1) is 5.93. The van der Waals surface area contributed by atoms with E-state index in [1.54, 1.807) is 32.1 Å². The predicted octanol–water partition coefficient (Wildman–Crippen LogP) is 2.89. The molecule has 4 aliphatic carbocycles. The summed E-state index contributed by atoms with van der Waals surface area (Å²) >= 11 is 0. The summed E-state index contributed by atoms with van der Waals surface area (Å²) in [5.41, 5.74) is 0. The summed E-state index contributed by atoms with van der Waals surface area (Å²) < 4.78 is 0. The average molecular weight is 161 g/mol. The van der Waals surface area contributed by atoms with Crippen molar-refractivity contribution in [1.82, 2.24) is 0 Å². The Labute approximate surface area is 74.7 Å². The van der Waals surface area contributed by atoms with Crippen LogP contribution in [-0.2, 0) is 0 Å². The van der Waals surface area contributed by atoms with E-state index >= 15 is 0 Å². The van der Waals surface area contributed by atoms with Crippen LogP contribution in [0.15, 0.2) is 0 Å². The quantitative estimate of drug-likeness (QED) is 0.378. The molecular weight excluding hydrogens is 144 g/mol. The van der Waals surface area contributed by atoms with Gasteiger partial charge in [0.15, 0.2) is 0 Å². The molecule has 12 heavy (non-hydrogen) atoms. The van der Waals surface area contributed by atoms with Crippen LogP contribution in [-0.4, -0.2) is 0 Å². The molecule has 0 aliphatic heterocycles. The summed E-state index contributed by atoms with van der Waals surface area (Å²) in [7, 11) is 0. The van der Waals surface area contributed by atoms with Crippen molar-refractivity contribution < 1.29 is 0 Å². The lowest BCUT2D eigenvalue weighted by molar-refractivity contribution is 0.146. The second kappa shape index (κ2) is 1.86. The minimum absolute atomic E-state index is 1.08. The highest BCUT2D eigenvalue weighted by atomic mass is 14.6. The fourth-order valence-electron chi connectivity index (χ4n) is 5.19. The zero-order valence-corrected chi connectivity index (χ0v) is 7.58. The molecule has 0 heterocycles. The maximum Gasteiger partial charge on any atom is 0.102 e. The largest absolute Gasteiger partial charge is 0.102 e. The van der Waals surface area contributed by atoms with Crippen molar-refractivity contribution in [2.24, 2.45) is 35.5 Å². The van der Waals surface area contributed by atoms with Gasteiger partial charge < -0.3 is 0 Å². The molecule has 64 valence electrons. The lowest BCUT2D eigenvalue weighted by atomic mass is 9.71. The molecule has 6 atom stereocenters. The second-order valence-electron chi connectivity index (χ2n) is 5.59.